The number of amides is 1. The highest BCUT2D eigenvalue weighted by atomic mass is 19.1. The summed E-state index contributed by atoms with van der Waals surface area (Å²) in [4.78, 5) is 14.7. The maximum absolute atomic E-state index is 13.7. The van der Waals surface area contributed by atoms with E-state index in [4.69, 9.17) is 5.73 Å². The van der Waals surface area contributed by atoms with Gasteiger partial charge in [-0.2, -0.15) is 0 Å². The molecule has 3 rings (SSSR count). The number of carbonyl (C=O) groups is 1. The van der Waals surface area contributed by atoms with Gasteiger partial charge in [0, 0.05) is 31.1 Å². The van der Waals surface area contributed by atoms with Gasteiger partial charge in [0.15, 0.2) is 0 Å². The van der Waals surface area contributed by atoms with Crippen LogP contribution in [-0.2, 0) is 11.3 Å². The van der Waals surface area contributed by atoms with Gasteiger partial charge in [-0.15, -0.1) is 0 Å². The minimum atomic E-state index is -0.297. The first-order valence-electron chi connectivity index (χ1n) is 9.10. The van der Waals surface area contributed by atoms with Crippen molar-refractivity contribution in [3.63, 3.8) is 0 Å². The van der Waals surface area contributed by atoms with Crippen molar-refractivity contribution in [1.29, 1.82) is 0 Å². The van der Waals surface area contributed by atoms with Crippen LogP contribution in [0.5, 0.6) is 0 Å². The van der Waals surface area contributed by atoms with Crippen molar-refractivity contribution in [3.05, 3.63) is 71.5 Å². The fourth-order valence-corrected chi connectivity index (χ4v) is 3.68. The first-order valence-corrected chi connectivity index (χ1v) is 9.10. The highest BCUT2D eigenvalue weighted by Gasteiger charge is 2.36. The molecule has 1 saturated heterocycles. The molecule has 0 aliphatic carbocycles. The number of carbonyl (C=O) groups excluding carboxylic acids is 1. The number of hydrogen-bond donors (Lipinski definition) is 2. The van der Waals surface area contributed by atoms with Gasteiger partial charge in [0.25, 0.3) is 0 Å². The third-order valence-corrected chi connectivity index (χ3v) is 5.34. The maximum Gasteiger partial charge on any atom is 0.237 e. The molecule has 1 unspecified atom stereocenters. The number of halogens is 1. The lowest BCUT2D eigenvalue weighted by molar-refractivity contribution is -0.125. The smallest absolute Gasteiger partial charge is 0.237 e. The van der Waals surface area contributed by atoms with Crippen LogP contribution >= 0.6 is 0 Å². The summed E-state index contributed by atoms with van der Waals surface area (Å²) >= 11 is 0. The van der Waals surface area contributed by atoms with Gasteiger partial charge in [-0.05, 0) is 31.0 Å². The number of nitrogens with zero attached hydrogens (tertiary/aromatic N) is 1. The van der Waals surface area contributed by atoms with Crippen molar-refractivity contribution in [2.24, 2.45) is 11.7 Å². The van der Waals surface area contributed by atoms with E-state index >= 15 is 0 Å². The Morgan fingerprint density at radius 3 is 2.58 bits per heavy atom. The minimum Gasteiger partial charge on any atom is -0.351 e. The zero-order chi connectivity index (χ0) is 18.5. The zero-order valence-corrected chi connectivity index (χ0v) is 15.1. The van der Waals surface area contributed by atoms with Gasteiger partial charge in [-0.1, -0.05) is 48.5 Å². The summed E-state index contributed by atoms with van der Waals surface area (Å²) in [5.74, 6) is 0.286. The molecule has 26 heavy (non-hydrogen) atoms. The molecule has 3 N–H and O–H groups in total. The van der Waals surface area contributed by atoms with Gasteiger partial charge >= 0.3 is 0 Å². The second kappa shape index (κ2) is 8.43. The maximum atomic E-state index is 13.7. The normalized spacial score (nSPS) is 21.5. The van der Waals surface area contributed by atoms with Crippen LogP contribution < -0.4 is 11.1 Å². The molecule has 2 aromatic rings. The molecule has 0 bridgehead atoms. The largest absolute Gasteiger partial charge is 0.351 e. The Balaban J connectivity index is 1.61. The van der Waals surface area contributed by atoms with Crippen molar-refractivity contribution < 1.29 is 9.18 Å². The molecule has 0 saturated carbocycles. The molecule has 2 aromatic carbocycles. The summed E-state index contributed by atoms with van der Waals surface area (Å²) < 4.78 is 13.7. The number of nitrogens with one attached hydrogen (secondary N) is 1. The van der Waals surface area contributed by atoms with Gasteiger partial charge in [0.1, 0.15) is 5.82 Å². The molecule has 5 heteroatoms. The van der Waals surface area contributed by atoms with E-state index < -0.39 is 0 Å². The van der Waals surface area contributed by atoms with Crippen molar-refractivity contribution in [1.82, 2.24) is 10.2 Å². The molecule has 1 amide bonds. The molecular formula is C21H26FN3O. The Hall–Kier alpha value is -2.24. The van der Waals surface area contributed by atoms with E-state index in [2.05, 4.69) is 22.3 Å². The van der Waals surface area contributed by atoms with Crippen molar-refractivity contribution in [2.75, 3.05) is 19.6 Å². The van der Waals surface area contributed by atoms with Crippen LogP contribution in [0.2, 0.25) is 0 Å². The molecule has 0 aromatic heterocycles. The van der Waals surface area contributed by atoms with E-state index in [1.165, 1.54) is 11.6 Å². The van der Waals surface area contributed by atoms with Crippen LogP contribution in [-0.4, -0.2) is 36.5 Å². The lowest BCUT2D eigenvalue weighted by Gasteiger charge is -2.23. The Morgan fingerprint density at radius 2 is 1.88 bits per heavy atom. The van der Waals surface area contributed by atoms with Crippen LogP contribution in [0.3, 0.4) is 0 Å². The number of rotatable bonds is 6. The molecule has 1 aliphatic heterocycles. The summed E-state index contributed by atoms with van der Waals surface area (Å²) in [6.07, 6.45) is 0. The Kier molecular flexibility index (Phi) is 6.01. The van der Waals surface area contributed by atoms with Gasteiger partial charge in [-0.3, -0.25) is 9.69 Å². The first-order chi connectivity index (χ1) is 12.6. The van der Waals surface area contributed by atoms with Crippen LogP contribution in [0.25, 0.3) is 0 Å². The fourth-order valence-electron chi connectivity index (χ4n) is 3.68. The number of hydrogen-bond acceptors (Lipinski definition) is 3. The monoisotopic (exact) mass is 355 g/mol. The molecule has 0 spiro atoms. The second-order valence-corrected chi connectivity index (χ2v) is 6.95. The Morgan fingerprint density at radius 1 is 1.19 bits per heavy atom. The Labute approximate surface area is 154 Å². The van der Waals surface area contributed by atoms with E-state index in [1.807, 2.05) is 25.1 Å². The van der Waals surface area contributed by atoms with Crippen molar-refractivity contribution in [3.8, 4) is 0 Å². The number of nitrogens with two attached hydrogens (primary N) is 1. The predicted molar refractivity (Wildman–Crippen MR) is 101 cm³/mol. The van der Waals surface area contributed by atoms with E-state index in [0.717, 1.165) is 13.1 Å². The summed E-state index contributed by atoms with van der Waals surface area (Å²) in [7, 11) is 0. The fraction of sp³-hybridized carbons (Fsp3) is 0.381. The lowest BCUT2D eigenvalue weighted by Crippen LogP contribution is -2.44. The van der Waals surface area contributed by atoms with Crippen molar-refractivity contribution >= 4 is 5.91 Å². The van der Waals surface area contributed by atoms with E-state index in [0.29, 0.717) is 23.9 Å². The molecule has 1 aliphatic rings. The number of likely N-dealkylation sites (tertiary alicyclic amines) is 1. The SMILES string of the molecule is CC(C(=O)NCc1ccccc1F)N1C[C@@H](CN)[C@H](c2ccccc2)C1. The molecule has 1 fully saturated rings. The Bertz CT molecular complexity index is 737. The highest BCUT2D eigenvalue weighted by Crippen LogP contribution is 2.33. The summed E-state index contributed by atoms with van der Waals surface area (Å²) in [5.41, 5.74) is 7.75. The van der Waals surface area contributed by atoms with Crippen LogP contribution in [0.4, 0.5) is 4.39 Å². The average Bonchev–Trinajstić information content (AvgIpc) is 3.11. The summed E-state index contributed by atoms with van der Waals surface area (Å²) in [6.45, 7) is 4.30. The molecule has 138 valence electrons. The van der Waals surface area contributed by atoms with E-state index in [9.17, 15) is 9.18 Å². The van der Waals surface area contributed by atoms with Crippen LogP contribution in [0.1, 0.15) is 24.0 Å². The highest BCUT2D eigenvalue weighted by molar-refractivity contribution is 5.81. The standard InChI is InChI=1S/C21H26FN3O/c1-15(21(26)24-12-17-9-5-6-10-20(17)22)25-13-18(11-23)19(14-25)16-7-3-2-4-8-16/h2-10,15,18-19H,11-14,23H2,1H3,(H,24,26)/t15?,18-,19+/m1/s1. The van der Waals surface area contributed by atoms with Gasteiger partial charge in [-0.25, -0.2) is 4.39 Å². The number of benzene rings is 2. The third-order valence-electron chi connectivity index (χ3n) is 5.34. The van der Waals surface area contributed by atoms with Crippen LogP contribution in [0.15, 0.2) is 54.6 Å². The predicted octanol–water partition coefficient (Wildman–Crippen LogP) is 2.50. The van der Waals surface area contributed by atoms with Gasteiger partial charge in [0.2, 0.25) is 5.91 Å². The lowest BCUT2D eigenvalue weighted by atomic mass is 9.89. The molecule has 3 atom stereocenters. The minimum absolute atomic E-state index is 0.0854. The summed E-state index contributed by atoms with van der Waals surface area (Å²) in [6, 6.07) is 16.6. The third kappa shape index (κ3) is 4.11. The molecular weight excluding hydrogens is 329 g/mol. The molecule has 0 radical (unpaired) electrons. The topological polar surface area (TPSA) is 58.4 Å². The van der Waals surface area contributed by atoms with Crippen molar-refractivity contribution in [2.45, 2.75) is 25.4 Å². The zero-order valence-electron chi connectivity index (χ0n) is 15.1. The quantitative estimate of drug-likeness (QED) is 0.837. The molecule has 4 nitrogen and oxygen atoms in total. The molecule has 1 heterocycles. The van der Waals surface area contributed by atoms with Gasteiger partial charge in [0.05, 0.1) is 6.04 Å². The van der Waals surface area contributed by atoms with Crippen LogP contribution in [0, 0.1) is 11.7 Å². The average molecular weight is 355 g/mol. The van der Waals surface area contributed by atoms with Gasteiger partial charge < -0.3 is 11.1 Å². The van der Waals surface area contributed by atoms with E-state index in [1.54, 1.807) is 18.2 Å². The summed E-state index contributed by atoms with van der Waals surface area (Å²) in [5, 5.41) is 2.85. The van der Waals surface area contributed by atoms with E-state index in [-0.39, 0.29) is 24.3 Å². The second-order valence-electron chi connectivity index (χ2n) is 6.95. The first kappa shape index (κ1) is 18.5.